The average molecular weight is 269 g/mol. The fourth-order valence-electron chi connectivity index (χ4n) is 1.31. The van der Waals surface area contributed by atoms with Gasteiger partial charge in [0.1, 0.15) is 5.76 Å². The van der Waals surface area contributed by atoms with Crippen molar-refractivity contribution in [2.45, 2.75) is 26.3 Å². The minimum atomic E-state index is -1.17. The van der Waals surface area contributed by atoms with Gasteiger partial charge in [0.05, 0.1) is 19.6 Å². The van der Waals surface area contributed by atoms with Gasteiger partial charge in [-0.2, -0.15) is 0 Å². The van der Waals surface area contributed by atoms with Crippen LogP contribution in [0.1, 0.15) is 36.1 Å². The number of ether oxygens (including phenoxy) is 1. The number of furan rings is 1. The van der Waals surface area contributed by atoms with Crippen molar-refractivity contribution in [2.24, 2.45) is 0 Å². The molecule has 0 aliphatic rings. The van der Waals surface area contributed by atoms with Crippen LogP contribution >= 0.6 is 0 Å². The lowest BCUT2D eigenvalue weighted by molar-refractivity contribution is -0.144. The highest BCUT2D eigenvalue weighted by Crippen LogP contribution is 2.07. The lowest BCUT2D eigenvalue weighted by atomic mass is 10.3. The molecular formula is C12H15NO6. The molecule has 0 aromatic carbocycles. The lowest BCUT2D eigenvalue weighted by Crippen LogP contribution is -2.23. The zero-order valence-electron chi connectivity index (χ0n) is 10.5. The Labute approximate surface area is 109 Å². The van der Waals surface area contributed by atoms with Crippen molar-refractivity contribution in [3.8, 4) is 0 Å². The summed E-state index contributed by atoms with van der Waals surface area (Å²) in [4.78, 5) is 33.0. The van der Waals surface area contributed by atoms with Crippen molar-refractivity contribution in [2.75, 3.05) is 6.61 Å². The second-order valence-electron chi connectivity index (χ2n) is 3.65. The summed E-state index contributed by atoms with van der Waals surface area (Å²) in [5.74, 6) is -1.78. The lowest BCUT2D eigenvalue weighted by Gasteiger charge is -2.03. The second-order valence-corrected chi connectivity index (χ2v) is 3.65. The van der Waals surface area contributed by atoms with E-state index in [2.05, 4.69) is 10.1 Å². The molecule has 7 heteroatoms. The Kier molecular flexibility index (Phi) is 5.59. The summed E-state index contributed by atoms with van der Waals surface area (Å²) in [6.07, 6.45) is 0.0313. The van der Waals surface area contributed by atoms with Crippen molar-refractivity contribution in [1.82, 2.24) is 5.32 Å². The van der Waals surface area contributed by atoms with E-state index in [1.54, 1.807) is 6.92 Å². The minimum absolute atomic E-state index is 0.0121. The van der Waals surface area contributed by atoms with E-state index in [0.29, 0.717) is 5.76 Å². The fraction of sp³-hybridized carbons (Fsp3) is 0.417. The maximum atomic E-state index is 11.4. The van der Waals surface area contributed by atoms with Gasteiger partial charge in [-0.05, 0) is 19.1 Å². The quantitative estimate of drug-likeness (QED) is 0.713. The van der Waals surface area contributed by atoms with Crippen LogP contribution in [-0.2, 0) is 20.9 Å². The van der Waals surface area contributed by atoms with Crippen LogP contribution in [0.15, 0.2) is 16.5 Å². The predicted octanol–water partition coefficient (Wildman–Crippen LogP) is 0.937. The Hall–Kier alpha value is -2.31. The number of amides is 1. The van der Waals surface area contributed by atoms with Gasteiger partial charge < -0.3 is 19.6 Å². The highest BCUT2D eigenvalue weighted by atomic mass is 16.5. The van der Waals surface area contributed by atoms with E-state index >= 15 is 0 Å². The Morgan fingerprint density at radius 3 is 2.63 bits per heavy atom. The summed E-state index contributed by atoms with van der Waals surface area (Å²) in [5, 5.41) is 11.2. The topological polar surface area (TPSA) is 106 Å². The highest BCUT2D eigenvalue weighted by molar-refractivity contribution is 5.84. The molecular weight excluding hydrogens is 254 g/mol. The van der Waals surface area contributed by atoms with E-state index in [1.807, 2.05) is 0 Å². The highest BCUT2D eigenvalue weighted by Gasteiger charge is 2.11. The molecule has 0 aliphatic carbocycles. The van der Waals surface area contributed by atoms with Gasteiger partial charge >= 0.3 is 11.9 Å². The van der Waals surface area contributed by atoms with Gasteiger partial charge in [0, 0.05) is 6.42 Å². The maximum Gasteiger partial charge on any atom is 0.371 e. The fourth-order valence-corrected chi connectivity index (χ4v) is 1.31. The van der Waals surface area contributed by atoms with Crippen LogP contribution in [0.3, 0.4) is 0 Å². The van der Waals surface area contributed by atoms with Gasteiger partial charge in [0.2, 0.25) is 11.7 Å². The van der Waals surface area contributed by atoms with Crippen LogP contribution in [0.25, 0.3) is 0 Å². The van der Waals surface area contributed by atoms with Crippen LogP contribution in [0, 0.1) is 0 Å². The average Bonchev–Trinajstić information content (AvgIpc) is 2.83. The Balaban J connectivity index is 2.29. The first-order valence-corrected chi connectivity index (χ1v) is 5.77. The Morgan fingerprint density at radius 2 is 2.05 bits per heavy atom. The van der Waals surface area contributed by atoms with E-state index in [4.69, 9.17) is 9.52 Å². The number of aromatic carboxylic acids is 1. The van der Waals surface area contributed by atoms with Crippen LogP contribution in [0.2, 0.25) is 0 Å². The van der Waals surface area contributed by atoms with E-state index in [0.717, 1.165) is 0 Å². The number of nitrogens with one attached hydrogen (secondary N) is 1. The van der Waals surface area contributed by atoms with Crippen molar-refractivity contribution in [3.63, 3.8) is 0 Å². The largest absolute Gasteiger partial charge is 0.475 e. The van der Waals surface area contributed by atoms with Gasteiger partial charge in [-0.25, -0.2) is 4.79 Å². The van der Waals surface area contributed by atoms with Crippen molar-refractivity contribution in [1.29, 1.82) is 0 Å². The number of hydrogen-bond acceptors (Lipinski definition) is 5. The zero-order valence-corrected chi connectivity index (χ0v) is 10.5. The third-order valence-electron chi connectivity index (χ3n) is 2.19. The van der Waals surface area contributed by atoms with Gasteiger partial charge in [-0.1, -0.05) is 0 Å². The molecule has 0 unspecified atom stereocenters. The van der Waals surface area contributed by atoms with Crippen LogP contribution in [-0.4, -0.2) is 29.6 Å². The Morgan fingerprint density at radius 1 is 1.32 bits per heavy atom. The number of esters is 1. The molecule has 0 fully saturated rings. The van der Waals surface area contributed by atoms with Gasteiger partial charge in [-0.15, -0.1) is 0 Å². The van der Waals surface area contributed by atoms with Gasteiger partial charge in [0.15, 0.2) is 0 Å². The Bertz CT molecular complexity index is 465. The SMILES string of the molecule is CCOC(=O)CCC(=O)NCc1ccc(C(=O)O)o1. The molecule has 0 radical (unpaired) electrons. The summed E-state index contributed by atoms with van der Waals surface area (Å²) >= 11 is 0. The van der Waals surface area contributed by atoms with Crippen LogP contribution < -0.4 is 5.32 Å². The molecule has 19 heavy (non-hydrogen) atoms. The number of carboxylic acids is 1. The standard InChI is InChI=1S/C12H15NO6/c1-2-18-11(15)6-5-10(14)13-7-8-3-4-9(19-8)12(16)17/h3-4H,2,5-7H2,1H3,(H,13,14)(H,16,17). The molecule has 104 valence electrons. The number of hydrogen-bond donors (Lipinski definition) is 2. The van der Waals surface area contributed by atoms with Crippen molar-refractivity contribution >= 4 is 17.8 Å². The third-order valence-corrected chi connectivity index (χ3v) is 2.19. The normalized spacial score (nSPS) is 9.95. The molecule has 0 bridgehead atoms. The summed E-state index contributed by atoms with van der Waals surface area (Å²) < 4.78 is 9.64. The van der Waals surface area contributed by atoms with Crippen LogP contribution in [0.4, 0.5) is 0 Å². The molecule has 2 N–H and O–H groups in total. The van der Waals surface area contributed by atoms with E-state index in [-0.39, 0.29) is 37.7 Å². The molecule has 7 nitrogen and oxygen atoms in total. The third kappa shape index (κ3) is 5.24. The summed E-state index contributed by atoms with van der Waals surface area (Å²) in [6, 6.07) is 2.78. The molecule has 0 spiro atoms. The van der Waals surface area contributed by atoms with E-state index in [9.17, 15) is 14.4 Å². The molecule has 0 saturated carbocycles. The van der Waals surface area contributed by atoms with Crippen molar-refractivity contribution in [3.05, 3.63) is 23.7 Å². The molecule has 1 rings (SSSR count). The monoisotopic (exact) mass is 269 g/mol. The summed E-state index contributed by atoms with van der Waals surface area (Å²) in [7, 11) is 0. The minimum Gasteiger partial charge on any atom is -0.475 e. The molecule has 0 aliphatic heterocycles. The van der Waals surface area contributed by atoms with E-state index in [1.165, 1.54) is 12.1 Å². The maximum absolute atomic E-state index is 11.4. The molecule has 0 atom stereocenters. The summed E-state index contributed by atoms with van der Waals surface area (Å²) in [6.45, 7) is 2.05. The van der Waals surface area contributed by atoms with Crippen LogP contribution in [0.5, 0.6) is 0 Å². The number of rotatable bonds is 7. The number of carbonyl (C=O) groups excluding carboxylic acids is 2. The molecule has 0 saturated heterocycles. The smallest absolute Gasteiger partial charge is 0.371 e. The first-order valence-electron chi connectivity index (χ1n) is 5.77. The molecule has 1 aromatic heterocycles. The molecule has 1 heterocycles. The predicted molar refractivity (Wildman–Crippen MR) is 63.4 cm³/mol. The number of carbonyl (C=O) groups is 3. The number of carboxylic acid groups (broad SMARTS) is 1. The molecule has 1 aromatic rings. The van der Waals surface area contributed by atoms with Crippen molar-refractivity contribution < 1.29 is 28.6 Å². The van der Waals surface area contributed by atoms with Gasteiger partial charge in [-0.3, -0.25) is 9.59 Å². The summed E-state index contributed by atoms with van der Waals surface area (Å²) in [5.41, 5.74) is 0. The second kappa shape index (κ2) is 7.20. The molecule has 1 amide bonds. The zero-order chi connectivity index (χ0) is 14.3. The van der Waals surface area contributed by atoms with E-state index < -0.39 is 11.9 Å². The first-order chi connectivity index (χ1) is 9.02. The van der Waals surface area contributed by atoms with Gasteiger partial charge in [0.25, 0.3) is 0 Å². The first kappa shape index (κ1) is 14.7.